The van der Waals surface area contributed by atoms with Gasteiger partial charge in [-0.2, -0.15) is 0 Å². The number of ketones is 3. The molecule has 0 aromatic heterocycles. The highest BCUT2D eigenvalue weighted by atomic mass is 16.7. The van der Waals surface area contributed by atoms with Crippen LogP contribution in [0.25, 0.3) is 0 Å². The lowest BCUT2D eigenvalue weighted by atomic mass is 9.38. The van der Waals surface area contributed by atoms with Gasteiger partial charge in [-0.15, -0.1) is 0 Å². The summed E-state index contributed by atoms with van der Waals surface area (Å²) in [5.41, 5.74) is -4.21. The van der Waals surface area contributed by atoms with Gasteiger partial charge in [0.2, 0.25) is 6.29 Å². The summed E-state index contributed by atoms with van der Waals surface area (Å²) in [5, 5.41) is 34.4. The van der Waals surface area contributed by atoms with Gasteiger partial charge in [0.15, 0.2) is 11.6 Å². The molecule has 1 aliphatic heterocycles. The smallest absolute Gasteiger partial charge is 0.304 e. The van der Waals surface area contributed by atoms with Crippen molar-refractivity contribution in [2.75, 3.05) is 0 Å². The van der Waals surface area contributed by atoms with Gasteiger partial charge in [-0.1, -0.05) is 45.4 Å². The highest BCUT2D eigenvalue weighted by Gasteiger charge is 2.71. The quantitative estimate of drug-likeness (QED) is 0.336. The fraction of sp³-hybridized carbons (Fsp3) is 0.750. The van der Waals surface area contributed by atoms with Gasteiger partial charge in [0.05, 0.1) is 23.2 Å². The topological polar surface area (TPSA) is 147 Å². The van der Waals surface area contributed by atoms with Crippen LogP contribution in [0, 0.1) is 45.3 Å². The molecule has 11 atom stereocenters. The van der Waals surface area contributed by atoms with Gasteiger partial charge in [0.25, 0.3) is 0 Å². The largest absolute Gasteiger partial charge is 0.436 e. The SMILES string of the molecule is CC(=O)O[C@H]1OC(C)(C)[C@@H](O)C(=O)C[C@H]1[C@@H]1[C@H](O)C=C2[C@]3(C)C(=O)C[C@@H]4C(C)(C)C(=O)C=C[C@]4(C)[C@@H]3[C@H](O)C[C@]21C. The number of hydrogen-bond donors (Lipinski definition) is 3. The van der Waals surface area contributed by atoms with E-state index in [1.807, 2.05) is 40.7 Å². The predicted octanol–water partition coefficient (Wildman–Crippen LogP) is 2.69. The maximum absolute atomic E-state index is 14.3. The Morgan fingerprint density at radius 1 is 1.00 bits per heavy atom. The minimum Gasteiger partial charge on any atom is -0.436 e. The Labute approximate surface area is 241 Å². The van der Waals surface area contributed by atoms with E-state index in [-0.39, 0.29) is 36.7 Å². The van der Waals surface area contributed by atoms with Gasteiger partial charge in [-0.3, -0.25) is 19.2 Å². The number of esters is 1. The van der Waals surface area contributed by atoms with Crippen LogP contribution in [-0.4, -0.2) is 68.8 Å². The van der Waals surface area contributed by atoms with Gasteiger partial charge in [0, 0.05) is 42.9 Å². The summed E-state index contributed by atoms with van der Waals surface area (Å²) in [6.07, 6.45) is 0.437. The number of carbonyl (C=O) groups is 4. The Morgan fingerprint density at radius 2 is 1.63 bits per heavy atom. The first-order valence-electron chi connectivity index (χ1n) is 14.6. The number of allylic oxidation sites excluding steroid dienone is 3. The molecule has 1 saturated heterocycles. The molecule has 4 aliphatic carbocycles. The molecule has 0 aromatic rings. The van der Waals surface area contributed by atoms with Gasteiger partial charge in [0.1, 0.15) is 11.9 Å². The van der Waals surface area contributed by atoms with E-state index in [0.29, 0.717) is 5.57 Å². The number of aliphatic hydroxyl groups is 3. The zero-order chi connectivity index (χ0) is 30.7. The van der Waals surface area contributed by atoms with Crippen molar-refractivity contribution in [3.05, 3.63) is 23.8 Å². The molecule has 9 nitrogen and oxygen atoms in total. The van der Waals surface area contributed by atoms with E-state index < -0.39 is 81.4 Å². The molecule has 0 amide bonds. The number of aliphatic hydroxyl groups excluding tert-OH is 3. The van der Waals surface area contributed by atoms with Gasteiger partial charge >= 0.3 is 5.97 Å². The summed E-state index contributed by atoms with van der Waals surface area (Å²) >= 11 is 0. The van der Waals surface area contributed by atoms with Crippen LogP contribution >= 0.6 is 0 Å². The van der Waals surface area contributed by atoms with Crippen molar-refractivity contribution in [1.29, 1.82) is 0 Å². The number of fused-ring (bicyclic) bond motifs is 5. The summed E-state index contributed by atoms with van der Waals surface area (Å²) < 4.78 is 11.6. The molecule has 0 spiro atoms. The third kappa shape index (κ3) is 4.02. The molecule has 0 aromatic carbocycles. The maximum Gasteiger partial charge on any atom is 0.304 e. The summed E-state index contributed by atoms with van der Waals surface area (Å²) in [6, 6.07) is 0. The van der Waals surface area contributed by atoms with Crippen LogP contribution in [0.15, 0.2) is 23.8 Å². The summed E-state index contributed by atoms with van der Waals surface area (Å²) in [7, 11) is 0. The summed E-state index contributed by atoms with van der Waals surface area (Å²) in [5.74, 6) is -3.72. The average Bonchev–Trinajstić information content (AvgIpc) is 3.07. The van der Waals surface area contributed by atoms with Crippen LogP contribution in [0.5, 0.6) is 0 Å². The molecule has 3 N–H and O–H groups in total. The number of rotatable bonds is 2. The second-order valence-electron chi connectivity index (χ2n) is 14.9. The zero-order valence-electron chi connectivity index (χ0n) is 25.3. The van der Waals surface area contributed by atoms with Gasteiger partial charge in [-0.25, -0.2) is 0 Å². The zero-order valence-corrected chi connectivity index (χ0v) is 25.3. The molecule has 9 heteroatoms. The Kier molecular flexibility index (Phi) is 6.75. The second kappa shape index (κ2) is 9.15. The Bertz CT molecular complexity index is 1260. The Morgan fingerprint density at radius 3 is 2.24 bits per heavy atom. The first kappa shape index (κ1) is 30.3. The van der Waals surface area contributed by atoms with E-state index in [2.05, 4.69) is 0 Å². The van der Waals surface area contributed by atoms with E-state index in [4.69, 9.17) is 9.47 Å². The molecule has 3 fully saturated rings. The molecule has 0 bridgehead atoms. The fourth-order valence-corrected chi connectivity index (χ4v) is 9.80. The van der Waals surface area contributed by atoms with E-state index in [1.54, 1.807) is 26.0 Å². The Balaban J connectivity index is 1.62. The molecule has 2 saturated carbocycles. The number of carbonyl (C=O) groups excluding carboxylic acids is 4. The maximum atomic E-state index is 14.3. The fourth-order valence-electron chi connectivity index (χ4n) is 9.80. The van der Waals surface area contributed by atoms with Crippen LogP contribution in [0.1, 0.15) is 74.7 Å². The third-order valence-electron chi connectivity index (χ3n) is 11.7. The minimum absolute atomic E-state index is 0.0401. The molecule has 5 rings (SSSR count). The summed E-state index contributed by atoms with van der Waals surface area (Å²) in [4.78, 5) is 52.5. The lowest BCUT2D eigenvalue weighted by molar-refractivity contribution is -0.242. The first-order valence-corrected chi connectivity index (χ1v) is 14.6. The lowest BCUT2D eigenvalue weighted by Gasteiger charge is -2.65. The predicted molar refractivity (Wildman–Crippen MR) is 147 cm³/mol. The van der Waals surface area contributed by atoms with Crippen molar-refractivity contribution < 1.29 is 44.0 Å². The van der Waals surface area contributed by atoms with Crippen LogP contribution in [0.2, 0.25) is 0 Å². The first-order chi connectivity index (χ1) is 18.7. The number of ether oxygens (including phenoxy) is 2. The van der Waals surface area contributed by atoms with Crippen LogP contribution in [0.4, 0.5) is 0 Å². The van der Waals surface area contributed by atoms with Crippen LogP contribution < -0.4 is 0 Å². The van der Waals surface area contributed by atoms with Crippen molar-refractivity contribution in [3.8, 4) is 0 Å². The van der Waals surface area contributed by atoms with E-state index in [1.165, 1.54) is 6.92 Å². The Hall–Kier alpha value is -2.20. The molecule has 226 valence electrons. The van der Waals surface area contributed by atoms with Gasteiger partial charge in [-0.05, 0) is 50.0 Å². The van der Waals surface area contributed by atoms with E-state index in [9.17, 15) is 34.5 Å². The van der Waals surface area contributed by atoms with E-state index >= 15 is 0 Å². The van der Waals surface area contributed by atoms with Crippen molar-refractivity contribution in [1.82, 2.24) is 0 Å². The normalized spacial score (nSPS) is 48.5. The van der Waals surface area contributed by atoms with Crippen molar-refractivity contribution in [3.63, 3.8) is 0 Å². The molecule has 41 heavy (non-hydrogen) atoms. The van der Waals surface area contributed by atoms with Crippen molar-refractivity contribution in [2.24, 2.45) is 45.3 Å². The molecular formula is C32H44O9. The number of hydrogen-bond acceptors (Lipinski definition) is 9. The molecule has 0 radical (unpaired) electrons. The highest BCUT2D eigenvalue weighted by Crippen LogP contribution is 2.71. The van der Waals surface area contributed by atoms with Crippen LogP contribution in [-0.2, 0) is 28.7 Å². The van der Waals surface area contributed by atoms with Crippen molar-refractivity contribution >= 4 is 23.3 Å². The highest BCUT2D eigenvalue weighted by molar-refractivity contribution is 5.98. The van der Waals surface area contributed by atoms with E-state index in [0.717, 1.165) is 0 Å². The van der Waals surface area contributed by atoms with Crippen molar-refractivity contribution in [2.45, 2.75) is 105 Å². The molecule has 0 unspecified atom stereocenters. The minimum atomic E-state index is -1.47. The molecule has 1 heterocycles. The van der Waals surface area contributed by atoms with Gasteiger partial charge < -0.3 is 24.8 Å². The molecule has 5 aliphatic rings. The lowest BCUT2D eigenvalue weighted by Crippen LogP contribution is -2.66. The number of Topliss-reactive ketones (excluding diaryl/α,β-unsaturated/α-hetero) is 2. The monoisotopic (exact) mass is 572 g/mol. The third-order valence-corrected chi connectivity index (χ3v) is 11.7. The van der Waals surface area contributed by atoms with Crippen LogP contribution in [0.3, 0.4) is 0 Å². The standard InChI is InChI=1S/C32H44O9/c1-15(33)40-27-16(11-18(35)26(39)29(4,5)41-27)24-17(34)12-21-31(24,7)14-19(36)25-30(6)10-9-22(37)28(2,3)20(30)13-23(38)32(21,25)8/h9-10,12,16-17,19-20,24-27,34,36,39H,11,13-14H2,1-8H3/t16-,17+,19+,20+,24+,25-,26-,27-,30-,31+,32+/m0/s1. The summed E-state index contributed by atoms with van der Waals surface area (Å²) in [6.45, 7) is 13.8. The second-order valence-corrected chi connectivity index (χ2v) is 14.9. The average molecular weight is 573 g/mol. The molecular weight excluding hydrogens is 528 g/mol.